The van der Waals surface area contributed by atoms with Gasteiger partial charge in [-0.25, -0.2) is 4.79 Å². The molecule has 3 unspecified atom stereocenters. The maximum absolute atomic E-state index is 14.2. The molecule has 5 atom stereocenters. The Morgan fingerprint density at radius 2 is 1.42 bits per heavy atom. The zero-order chi connectivity index (χ0) is 38.2. The van der Waals surface area contributed by atoms with E-state index in [0.29, 0.717) is 18.9 Å². The maximum atomic E-state index is 14.2. The number of rotatable bonds is 19. The highest BCUT2D eigenvalue weighted by Crippen LogP contribution is 2.20. The number of aliphatic hydroxyl groups excluding tert-OH is 1. The smallest absolute Gasteiger partial charge is 0.408 e. The molecule has 3 aromatic carbocycles. The molecule has 11 nitrogen and oxygen atoms in total. The van der Waals surface area contributed by atoms with Crippen LogP contribution in [0.25, 0.3) is 10.8 Å². The number of ether oxygens (including phenoxy) is 1. The third-order valence-corrected chi connectivity index (χ3v) is 9.20. The number of alkyl carbamates (subject to hydrolysis) is 1. The number of amides is 4. The average molecular weight is 724 g/mol. The molecule has 11 heteroatoms. The molecule has 0 fully saturated rings. The van der Waals surface area contributed by atoms with Gasteiger partial charge < -0.3 is 31.1 Å². The lowest BCUT2D eigenvalue weighted by atomic mass is 9.95. The van der Waals surface area contributed by atoms with Gasteiger partial charge in [0, 0.05) is 31.8 Å². The highest BCUT2D eigenvalue weighted by atomic mass is 16.5. The topological polar surface area (TPSA) is 159 Å². The maximum Gasteiger partial charge on any atom is 0.408 e. The van der Waals surface area contributed by atoms with Gasteiger partial charge in [0.2, 0.25) is 17.7 Å². The molecule has 0 aliphatic carbocycles. The zero-order valence-corrected chi connectivity index (χ0v) is 31.1. The molecule has 4 rings (SSSR count). The predicted octanol–water partition coefficient (Wildman–Crippen LogP) is 5.24. The first-order chi connectivity index (χ1) is 25.5. The number of pyridine rings is 1. The Kier molecular flexibility index (Phi) is 15.8. The summed E-state index contributed by atoms with van der Waals surface area (Å²) < 4.78 is 5.49. The van der Waals surface area contributed by atoms with Gasteiger partial charge in [0.25, 0.3) is 0 Å². The van der Waals surface area contributed by atoms with E-state index in [0.717, 1.165) is 33.9 Å². The van der Waals surface area contributed by atoms with Crippen molar-refractivity contribution >= 4 is 34.6 Å². The molecule has 0 spiro atoms. The SMILES string of the molecule is CCC(C)CNC(=O)CC(O)C(CC(C)C)NC(=O)[C@H](Cc1ccncc1)NC(=O)[C@H](Cc1cccc2ccccc12)NC(=O)OCc1ccccc1. The van der Waals surface area contributed by atoms with Crippen molar-refractivity contribution in [2.75, 3.05) is 6.54 Å². The zero-order valence-electron chi connectivity index (χ0n) is 31.1. The third-order valence-electron chi connectivity index (χ3n) is 9.20. The summed E-state index contributed by atoms with van der Waals surface area (Å²) >= 11 is 0. The minimum absolute atomic E-state index is 0.0115. The van der Waals surface area contributed by atoms with E-state index in [-0.39, 0.29) is 37.7 Å². The van der Waals surface area contributed by atoms with Crippen LogP contribution in [0, 0.1) is 11.8 Å². The van der Waals surface area contributed by atoms with E-state index in [1.165, 1.54) is 0 Å². The molecule has 0 aliphatic rings. The Bertz CT molecular complexity index is 1760. The Morgan fingerprint density at radius 3 is 2.13 bits per heavy atom. The highest BCUT2D eigenvalue weighted by Gasteiger charge is 2.31. The average Bonchev–Trinajstić information content (AvgIpc) is 3.16. The van der Waals surface area contributed by atoms with Crippen molar-refractivity contribution in [3.05, 3.63) is 114 Å². The van der Waals surface area contributed by atoms with Crippen molar-refractivity contribution in [1.82, 2.24) is 26.3 Å². The molecular weight excluding hydrogens is 670 g/mol. The minimum Gasteiger partial charge on any atom is -0.445 e. The van der Waals surface area contributed by atoms with Gasteiger partial charge in [-0.05, 0) is 57.9 Å². The van der Waals surface area contributed by atoms with Crippen LogP contribution in [-0.2, 0) is 38.6 Å². The van der Waals surface area contributed by atoms with Crippen LogP contribution in [0.5, 0.6) is 0 Å². The fraction of sp³-hybridized carbons (Fsp3) is 0.405. The molecule has 4 aromatic rings. The Hall–Kier alpha value is -5.29. The van der Waals surface area contributed by atoms with Crippen LogP contribution >= 0.6 is 0 Å². The summed E-state index contributed by atoms with van der Waals surface area (Å²) in [5, 5.41) is 24.5. The van der Waals surface area contributed by atoms with E-state index in [1.807, 2.05) is 100 Å². The normalized spacial score (nSPS) is 14.0. The molecule has 0 saturated heterocycles. The van der Waals surface area contributed by atoms with Gasteiger partial charge in [-0.15, -0.1) is 0 Å². The number of hydrogen-bond donors (Lipinski definition) is 5. The van der Waals surface area contributed by atoms with Crippen molar-refractivity contribution in [3.8, 4) is 0 Å². The van der Waals surface area contributed by atoms with Gasteiger partial charge in [0.1, 0.15) is 18.7 Å². The second-order valence-corrected chi connectivity index (χ2v) is 14.1. The number of nitrogens with zero attached hydrogens (tertiary/aromatic N) is 1. The van der Waals surface area contributed by atoms with Gasteiger partial charge in [-0.3, -0.25) is 19.4 Å². The predicted molar refractivity (Wildman–Crippen MR) is 206 cm³/mol. The van der Waals surface area contributed by atoms with E-state index < -0.39 is 42.1 Å². The first-order valence-electron chi connectivity index (χ1n) is 18.4. The molecule has 1 aromatic heterocycles. The first-order valence-corrected chi connectivity index (χ1v) is 18.4. The van der Waals surface area contributed by atoms with Crippen LogP contribution in [0.15, 0.2) is 97.3 Å². The number of aliphatic hydroxyl groups is 1. The van der Waals surface area contributed by atoms with Crippen LogP contribution < -0.4 is 21.3 Å². The molecule has 0 bridgehead atoms. The van der Waals surface area contributed by atoms with Crippen molar-refractivity contribution in [3.63, 3.8) is 0 Å². The second kappa shape index (κ2) is 20.7. The van der Waals surface area contributed by atoms with Crippen LogP contribution in [0.4, 0.5) is 4.79 Å². The fourth-order valence-corrected chi connectivity index (χ4v) is 5.98. The van der Waals surface area contributed by atoms with Crippen molar-refractivity contribution < 1.29 is 29.0 Å². The largest absolute Gasteiger partial charge is 0.445 e. The Balaban J connectivity index is 1.56. The van der Waals surface area contributed by atoms with Crippen LogP contribution in [0.3, 0.4) is 0 Å². The molecule has 0 radical (unpaired) electrons. The molecule has 282 valence electrons. The van der Waals surface area contributed by atoms with Crippen molar-refractivity contribution in [1.29, 1.82) is 0 Å². The fourth-order valence-electron chi connectivity index (χ4n) is 5.98. The number of fused-ring (bicyclic) bond motifs is 1. The summed E-state index contributed by atoms with van der Waals surface area (Å²) in [6, 6.07) is 23.3. The standard InChI is InChI=1S/C42H53N5O6/c1-5-29(4)26-44-39(49)25-38(48)35(22-28(2)3)45-40(50)36(23-30-18-20-43-21-19-30)46-41(51)37(47-42(52)53-27-31-12-7-6-8-13-31)24-33-16-11-15-32-14-9-10-17-34(32)33/h6-21,28-29,35-38,48H,5,22-27H2,1-4H3,(H,44,49)(H,45,50)(H,46,51)(H,47,52)/t29?,35?,36-,37-,38?/m0/s1. The minimum atomic E-state index is -1.16. The summed E-state index contributed by atoms with van der Waals surface area (Å²) in [4.78, 5) is 58.2. The van der Waals surface area contributed by atoms with Gasteiger partial charge in [0.15, 0.2) is 0 Å². The highest BCUT2D eigenvalue weighted by molar-refractivity contribution is 5.93. The van der Waals surface area contributed by atoms with Crippen molar-refractivity contribution in [2.24, 2.45) is 11.8 Å². The lowest BCUT2D eigenvalue weighted by Gasteiger charge is -2.29. The quantitative estimate of drug-likeness (QED) is 0.0885. The number of benzene rings is 3. The third kappa shape index (κ3) is 13.3. The van der Waals surface area contributed by atoms with E-state index in [1.54, 1.807) is 24.5 Å². The molecule has 1 heterocycles. The molecule has 5 N–H and O–H groups in total. The lowest BCUT2D eigenvalue weighted by Crippen LogP contribution is -2.57. The number of aromatic nitrogens is 1. The molecule has 4 amide bonds. The van der Waals surface area contributed by atoms with Crippen LogP contribution in [0.1, 0.15) is 63.6 Å². The summed E-state index contributed by atoms with van der Waals surface area (Å²) in [6.07, 6.45) is 2.62. The van der Waals surface area contributed by atoms with Gasteiger partial charge in [-0.2, -0.15) is 0 Å². The van der Waals surface area contributed by atoms with Gasteiger partial charge >= 0.3 is 6.09 Å². The van der Waals surface area contributed by atoms with Gasteiger partial charge in [0.05, 0.1) is 18.6 Å². The second-order valence-electron chi connectivity index (χ2n) is 14.1. The Morgan fingerprint density at radius 1 is 0.755 bits per heavy atom. The Labute approximate surface area is 312 Å². The van der Waals surface area contributed by atoms with Gasteiger partial charge in [-0.1, -0.05) is 107 Å². The number of hydrogen-bond acceptors (Lipinski definition) is 7. The summed E-state index contributed by atoms with van der Waals surface area (Å²) in [7, 11) is 0. The van der Waals surface area contributed by atoms with E-state index in [2.05, 4.69) is 26.3 Å². The van der Waals surface area contributed by atoms with Crippen LogP contribution in [-0.4, -0.2) is 64.7 Å². The molecule has 53 heavy (non-hydrogen) atoms. The molecule has 0 saturated carbocycles. The molecular formula is C42H53N5O6. The lowest BCUT2D eigenvalue weighted by molar-refractivity contribution is -0.131. The first kappa shape index (κ1) is 40.5. The van der Waals surface area contributed by atoms with E-state index in [4.69, 9.17) is 4.74 Å². The summed E-state index contributed by atoms with van der Waals surface area (Å²) in [5.74, 6) is -1.04. The monoisotopic (exact) mass is 723 g/mol. The summed E-state index contributed by atoms with van der Waals surface area (Å²) in [5.41, 5.74) is 2.36. The summed E-state index contributed by atoms with van der Waals surface area (Å²) in [6.45, 7) is 8.51. The van der Waals surface area contributed by atoms with Crippen LogP contribution in [0.2, 0.25) is 0 Å². The number of carbonyl (C=O) groups is 4. The van der Waals surface area contributed by atoms with E-state index in [9.17, 15) is 24.3 Å². The van der Waals surface area contributed by atoms with Crippen molar-refractivity contribution in [2.45, 2.75) is 90.6 Å². The number of nitrogens with one attached hydrogen (secondary N) is 4. The number of carbonyl (C=O) groups excluding carboxylic acids is 4. The molecule has 0 aliphatic heterocycles. The van der Waals surface area contributed by atoms with E-state index >= 15 is 0 Å².